The molecule has 1 fully saturated rings. The Balaban J connectivity index is 1.98. The second-order valence-corrected chi connectivity index (χ2v) is 6.55. The lowest BCUT2D eigenvalue weighted by molar-refractivity contribution is 0.0947. The number of rotatable bonds is 4. The number of hydrogen-bond donors (Lipinski definition) is 2. The summed E-state index contributed by atoms with van der Waals surface area (Å²) in [7, 11) is 0. The Morgan fingerprint density at radius 2 is 2.06 bits per heavy atom. The van der Waals surface area contributed by atoms with Crippen LogP contribution in [0.4, 0.5) is 0 Å². The molecule has 2 rings (SSSR count). The number of thioether (sulfide) groups is 1. The fraction of sp³-hybridized carbons (Fsp3) is 0.500. The molecule has 1 amide bonds. The predicted octanol–water partition coefficient (Wildman–Crippen LogP) is 3.38. The highest BCUT2D eigenvalue weighted by atomic mass is 32.2. The molecular weight excluding hydrogens is 262 g/mol. The zero-order chi connectivity index (χ0) is 13.0. The summed E-state index contributed by atoms with van der Waals surface area (Å²) in [5.74, 6) is -0.0130. The summed E-state index contributed by atoms with van der Waals surface area (Å²) in [6.45, 7) is 0.759. The number of amides is 1. The Bertz CT molecular complexity index is 428. The van der Waals surface area contributed by atoms with Gasteiger partial charge in [-0.1, -0.05) is 25.0 Å². The molecule has 0 heterocycles. The lowest BCUT2D eigenvalue weighted by Gasteiger charge is -2.27. The van der Waals surface area contributed by atoms with Crippen LogP contribution in [0.15, 0.2) is 29.2 Å². The van der Waals surface area contributed by atoms with Crippen molar-refractivity contribution in [3.05, 3.63) is 29.8 Å². The second kappa shape index (κ2) is 6.02. The number of thiol groups is 1. The van der Waals surface area contributed by atoms with Crippen molar-refractivity contribution in [1.82, 2.24) is 5.32 Å². The van der Waals surface area contributed by atoms with E-state index in [9.17, 15) is 4.79 Å². The van der Waals surface area contributed by atoms with E-state index in [1.807, 2.05) is 36.0 Å². The molecule has 1 saturated carbocycles. The molecule has 18 heavy (non-hydrogen) atoms. The fourth-order valence-electron chi connectivity index (χ4n) is 2.47. The molecule has 0 radical (unpaired) electrons. The van der Waals surface area contributed by atoms with Gasteiger partial charge in [0.05, 0.1) is 5.56 Å². The summed E-state index contributed by atoms with van der Waals surface area (Å²) in [5.41, 5.74) is 0.662. The Morgan fingerprint density at radius 1 is 1.39 bits per heavy atom. The summed E-state index contributed by atoms with van der Waals surface area (Å²) < 4.78 is 0.251. The normalized spacial score (nSPS) is 17.7. The molecule has 0 aromatic heterocycles. The minimum absolute atomic E-state index is 0.0130. The summed E-state index contributed by atoms with van der Waals surface area (Å²) >= 11 is 6.21. The first-order valence-corrected chi connectivity index (χ1v) is 7.95. The van der Waals surface area contributed by atoms with Crippen molar-refractivity contribution < 1.29 is 4.79 Å². The molecule has 2 nitrogen and oxygen atoms in total. The Kier molecular flexibility index (Phi) is 4.62. The number of nitrogens with one attached hydrogen (secondary N) is 1. The van der Waals surface area contributed by atoms with Crippen LogP contribution in [0.25, 0.3) is 0 Å². The molecule has 0 bridgehead atoms. The van der Waals surface area contributed by atoms with Gasteiger partial charge in [-0.2, -0.15) is 11.8 Å². The Morgan fingerprint density at radius 3 is 2.67 bits per heavy atom. The number of hydrogen-bond acceptors (Lipinski definition) is 3. The average Bonchev–Trinajstić information content (AvgIpc) is 2.86. The van der Waals surface area contributed by atoms with Gasteiger partial charge in [0.2, 0.25) is 0 Å². The highest BCUT2D eigenvalue weighted by Gasteiger charge is 2.33. The average molecular weight is 281 g/mol. The number of carbonyl (C=O) groups excluding carboxylic acids is 1. The molecule has 0 saturated heterocycles. The van der Waals surface area contributed by atoms with Crippen molar-refractivity contribution >= 4 is 30.3 Å². The van der Waals surface area contributed by atoms with Crippen LogP contribution >= 0.6 is 24.4 Å². The van der Waals surface area contributed by atoms with E-state index >= 15 is 0 Å². The van der Waals surface area contributed by atoms with Crippen molar-refractivity contribution in [3.63, 3.8) is 0 Å². The van der Waals surface area contributed by atoms with Gasteiger partial charge in [-0.05, 0) is 31.2 Å². The quantitative estimate of drug-likeness (QED) is 0.828. The van der Waals surface area contributed by atoms with E-state index in [0.29, 0.717) is 5.56 Å². The Hall–Kier alpha value is -0.610. The summed E-state index contributed by atoms with van der Waals surface area (Å²) in [6.07, 6.45) is 7.11. The molecule has 0 aliphatic heterocycles. The molecule has 4 heteroatoms. The first kappa shape index (κ1) is 13.8. The van der Waals surface area contributed by atoms with Gasteiger partial charge < -0.3 is 5.32 Å². The maximum Gasteiger partial charge on any atom is 0.252 e. The molecule has 0 spiro atoms. The van der Waals surface area contributed by atoms with E-state index in [0.717, 1.165) is 11.4 Å². The zero-order valence-corrected chi connectivity index (χ0v) is 12.3. The summed E-state index contributed by atoms with van der Waals surface area (Å²) in [5, 5.41) is 3.06. The van der Waals surface area contributed by atoms with Gasteiger partial charge in [-0.15, -0.1) is 12.6 Å². The molecule has 98 valence electrons. The zero-order valence-electron chi connectivity index (χ0n) is 10.6. The number of carbonyl (C=O) groups is 1. The first-order valence-electron chi connectivity index (χ1n) is 6.28. The molecule has 1 aromatic carbocycles. The SMILES string of the molecule is CSC1(CNC(=O)c2ccccc2S)CCCC1. The molecule has 0 atom stereocenters. The fourth-order valence-corrected chi connectivity index (χ4v) is 3.65. The van der Waals surface area contributed by atoms with Gasteiger partial charge in [-0.3, -0.25) is 4.79 Å². The second-order valence-electron chi connectivity index (χ2n) is 4.79. The molecule has 1 aromatic rings. The van der Waals surface area contributed by atoms with Gasteiger partial charge in [-0.25, -0.2) is 0 Å². The van der Waals surface area contributed by atoms with Crippen molar-refractivity contribution in [2.24, 2.45) is 0 Å². The minimum atomic E-state index is -0.0130. The van der Waals surface area contributed by atoms with Crippen LogP contribution < -0.4 is 5.32 Å². The smallest absolute Gasteiger partial charge is 0.252 e. The Labute approximate surface area is 118 Å². The number of benzene rings is 1. The predicted molar refractivity (Wildman–Crippen MR) is 80.7 cm³/mol. The molecule has 1 aliphatic rings. The van der Waals surface area contributed by atoms with E-state index in [4.69, 9.17) is 0 Å². The van der Waals surface area contributed by atoms with Crippen LogP contribution in [-0.2, 0) is 0 Å². The van der Waals surface area contributed by atoms with Crippen LogP contribution in [-0.4, -0.2) is 23.5 Å². The van der Waals surface area contributed by atoms with E-state index < -0.39 is 0 Å². The maximum atomic E-state index is 12.1. The maximum absolute atomic E-state index is 12.1. The summed E-state index contributed by atoms with van der Waals surface area (Å²) in [6, 6.07) is 7.42. The highest BCUT2D eigenvalue weighted by molar-refractivity contribution is 8.00. The van der Waals surface area contributed by atoms with Gasteiger partial charge in [0.1, 0.15) is 0 Å². The van der Waals surface area contributed by atoms with Crippen molar-refractivity contribution in [2.75, 3.05) is 12.8 Å². The van der Waals surface area contributed by atoms with Crippen LogP contribution in [0, 0.1) is 0 Å². The lowest BCUT2D eigenvalue weighted by atomic mass is 10.1. The molecule has 1 aliphatic carbocycles. The van der Waals surface area contributed by atoms with E-state index in [-0.39, 0.29) is 10.7 Å². The van der Waals surface area contributed by atoms with E-state index in [1.165, 1.54) is 25.7 Å². The van der Waals surface area contributed by atoms with Gasteiger partial charge >= 0.3 is 0 Å². The van der Waals surface area contributed by atoms with Crippen LogP contribution in [0.3, 0.4) is 0 Å². The van der Waals surface area contributed by atoms with Gasteiger partial charge in [0.15, 0.2) is 0 Å². The molecular formula is C14H19NOS2. The van der Waals surface area contributed by atoms with Crippen molar-refractivity contribution in [1.29, 1.82) is 0 Å². The third-order valence-corrected chi connectivity index (χ3v) is 5.48. The van der Waals surface area contributed by atoms with Gasteiger partial charge in [0, 0.05) is 16.2 Å². The largest absolute Gasteiger partial charge is 0.351 e. The first-order chi connectivity index (χ1) is 8.67. The van der Waals surface area contributed by atoms with E-state index in [2.05, 4.69) is 24.2 Å². The minimum Gasteiger partial charge on any atom is -0.351 e. The van der Waals surface area contributed by atoms with Crippen molar-refractivity contribution in [3.8, 4) is 0 Å². The third kappa shape index (κ3) is 3.04. The van der Waals surface area contributed by atoms with Crippen molar-refractivity contribution in [2.45, 2.75) is 35.3 Å². The highest BCUT2D eigenvalue weighted by Crippen LogP contribution is 2.39. The monoisotopic (exact) mass is 281 g/mol. The van der Waals surface area contributed by atoms with Crippen LogP contribution in [0.5, 0.6) is 0 Å². The van der Waals surface area contributed by atoms with E-state index in [1.54, 1.807) is 0 Å². The third-order valence-electron chi connectivity index (χ3n) is 3.67. The topological polar surface area (TPSA) is 29.1 Å². The molecule has 1 N–H and O–H groups in total. The van der Waals surface area contributed by atoms with Crippen LogP contribution in [0.1, 0.15) is 36.0 Å². The standard InChI is InChI=1S/C14H19NOS2/c1-18-14(8-4-5-9-14)10-15-13(16)11-6-2-3-7-12(11)17/h2-3,6-7,17H,4-5,8-10H2,1H3,(H,15,16). The summed E-state index contributed by atoms with van der Waals surface area (Å²) in [4.78, 5) is 12.8. The van der Waals surface area contributed by atoms with Crippen LogP contribution in [0.2, 0.25) is 0 Å². The molecule has 0 unspecified atom stereocenters. The lowest BCUT2D eigenvalue weighted by Crippen LogP contribution is -2.38. The van der Waals surface area contributed by atoms with Gasteiger partial charge in [0.25, 0.3) is 5.91 Å².